The molecule has 0 fully saturated rings. The second-order valence-electron chi connectivity index (χ2n) is 10.3. The molecule has 5 N–H and O–H groups in total. The van der Waals surface area contributed by atoms with Crippen LogP contribution in [0.15, 0.2) is 47.4 Å². The summed E-state index contributed by atoms with van der Waals surface area (Å²) in [5.74, 6) is -2.67. The molecule has 11 heteroatoms. The molecule has 1 amide bonds. The first-order valence-electron chi connectivity index (χ1n) is 13.5. The molecule has 0 bridgehead atoms. The fourth-order valence-electron chi connectivity index (χ4n) is 5.31. The van der Waals surface area contributed by atoms with Crippen molar-refractivity contribution in [2.24, 2.45) is 0 Å². The largest absolute Gasteiger partial charge is 0.496 e. The standard InChI is InChI=1S/C29H40N2O8S/c1-4-6-14-29(5-2)19-40(37,38)24-15-21(12-13-25(32)31(17-26(33)34)18-27(35)36)23(39-3)16-22(24)28(30-29)20-10-8-7-9-11-20/h7-11,15-16,28,30,37-38H,4-6,12-14,17-19H2,1-3H3,(H,33,34)(H,35,36). The van der Waals surface area contributed by atoms with Crippen molar-refractivity contribution in [3.63, 3.8) is 0 Å². The van der Waals surface area contributed by atoms with Crippen molar-refractivity contribution in [1.82, 2.24) is 10.2 Å². The topological polar surface area (TPSA) is 157 Å². The monoisotopic (exact) mass is 576 g/mol. The van der Waals surface area contributed by atoms with Crippen molar-refractivity contribution in [2.75, 3.05) is 26.0 Å². The van der Waals surface area contributed by atoms with Gasteiger partial charge >= 0.3 is 11.9 Å². The van der Waals surface area contributed by atoms with Crippen LogP contribution in [-0.4, -0.2) is 73.6 Å². The number of ether oxygens (including phenoxy) is 1. The van der Waals surface area contributed by atoms with Gasteiger partial charge in [0.2, 0.25) is 5.91 Å². The molecule has 2 atom stereocenters. The lowest BCUT2D eigenvalue weighted by Gasteiger charge is -2.42. The predicted molar refractivity (Wildman–Crippen MR) is 153 cm³/mol. The molecule has 40 heavy (non-hydrogen) atoms. The third-order valence-electron chi connectivity index (χ3n) is 7.44. The Morgan fingerprint density at radius 2 is 1.73 bits per heavy atom. The van der Waals surface area contributed by atoms with Crippen molar-refractivity contribution < 1.29 is 38.4 Å². The van der Waals surface area contributed by atoms with Gasteiger partial charge in [0.25, 0.3) is 0 Å². The molecular weight excluding hydrogens is 536 g/mol. The third-order valence-corrected chi connectivity index (χ3v) is 9.45. The van der Waals surface area contributed by atoms with Crippen LogP contribution in [0.1, 0.15) is 68.7 Å². The highest BCUT2D eigenvalue weighted by Gasteiger charge is 2.42. The Kier molecular flexibility index (Phi) is 10.6. The van der Waals surface area contributed by atoms with Crippen molar-refractivity contribution in [2.45, 2.75) is 68.8 Å². The molecule has 0 radical (unpaired) electrons. The summed E-state index contributed by atoms with van der Waals surface area (Å²) in [6.45, 7) is 2.70. The second kappa shape index (κ2) is 13.5. The minimum Gasteiger partial charge on any atom is -0.496 e. The van der Waals surface area contributed by atoms with E-state index < -0.39 is 47.1 Å². The fourth-order valence-corrected chi connectivity index (χ4v) is 7.55. The first-order chi connectivity index (χ1) is 18.9. The highest BCUT2D eigenvalue weighted by atomic mass is 32.3. The van der Waals surface area contributed by atoms with E-state index in [1.165, 1.54) is 7.11 Å². The van der Waals surface area contributed by atoms with E-state index in [0.29, 0.717) is 28.2 Å². The lowest BCUT2D eigenvalue weighted by Crippen LogP contribution is -2.49. The van der Waals surface area contributed by atoms with Crippen LogP contribution < -0.4 is 10.1 Å². The zero-order chi connectivity index (χ0) is 29.5. The number of fused-ring (bicyclic) bond motifs is 1. The lowest BCUT2D eigenvalue weighted by atomic mass is 9.87. The number of carboxylic acid groups (broad SMARTS) is 2. The summed E-state index contributed by atoms with van der Waals surface area (Å²) in [6, 6.07) is 12.9. The first-order valence-corrected chi connectivity index (χ1v) is 15.2. The van der Waals surface area contributed by atoms with Crippen LogP contribution >= 0.6 is 10.6 Å². The van der Waals surface area contributed by atoms with Gasteiger partial charge in [0.1, 0.15) is 18.8 Å². The molecule has 3 rings (SSSR count). The highest BCUT2D eigenvalue weighted by Crippen LogP contribution is 2.58. The molecule has 1 aliphatic heterocycles. The number of hydrogen-bond donors (Lipinski definition) is 5. The van der Waals surface area contributed by atoms with E-state index in [1.807, 2.05) is 37.3 Å². The van der Waals surface area contributed by atoms with E-state index in [9.17, 15) is 23.5 Å². The number of carbonyl (C=O) groups excluding carboxylic acids is 1. The Labute approximate surface area is 236 Å². The van der Waals surface area contributed by atoms with Gasteiger partial charge in [0.15, 0.2) is 0 Å². The number of nitrogens with zero attached hydrogens (tertiary/aromatic N) is 1. The van der Waals surface area contributed by atoms with Gasteiger partial charge in [-0.1, -0.05) is 57.0 Å². The summed E-state index contributed by atoms with van der Waals surface area (Å²) < 4.78 is 29.0. The molecule has 2 aromatic carbocycles. The van der Waals surface area contributed by atoms with Gasteiger partial charge in [-0.3, -0.25) is 28.8 Å². The Bertz CT molecular complexity index is 1190. The molecule has 2 unspecified atom stereocenters. The number of carbonyl (C=O) groups is 3. The number of amides is 1. The smallest absolute Gasteiger partial charge is 0.323 e. The third kappa shape index (κ3) is 7.54. The van der Waals surface area contributed by atoms with Crippen LogP contribution in [0.4, 0.5) is 0 Å². The molecule has 2 aromatic rings. The predicted octanol–water partition coefficient (Wildman–Crippen LogP) is 4.77. The van der Waals surface area contributed by atoms with Crippen molar-refractivity contribution in [3.8, 4) is 5.75 Å². The molecule has 1 heterocycles. The molecular formula is C29H40N2O8S. The molecule has 0 saturated heterocycles. The van der Waals surface area contributed by atoms with Crippen LogP contribution in [0, 0.1) is 0 Å². The van der Waals surface area contributed by atoms with Crippen LogP contribution in [0.25, 0.3) is 0 Å². The average Bonchev–Trinajstić information content (AvgIpc) is 3.01. The van der Waals surface area contributed by atoms with Crippen molar-refractivity contribution in [3.05, 3.63) is 59.2 Å². The van der Waals surface area contributed by atoms with Gasteiger partial charge in [-0.15, -0.1) is 0 Å². The molecule has 0 aliphatic carbocycles. The van der Waals surface area contributed by atoms with E-state index in [4.69, 9.17) is 14.9 Å². The van der Waals surface area contributed by atoms with E-state index in [-0.39, 0.29) is 24.6 Å². The summed E-state index contributed by atoms with van der Waals surface area (Å²) >= 11 is 0. The highest BCUT2D eigenvalue weighted by molar-refractivity contribution is 8.24. The fraction of sp³-hybridized carbons (Fsp3) is 0.483. The number of hydrogen-bond acceptors (Lipinski definition) is 7. The van der Waals surface area contributed by atoms with Crippen molar-refractivity contribution in [1.29, 1.82) is 0 Å². The number of rotatable bonds is 13. The SMILES string of the molecule is CCCCC1(CC)CS(O)(O)c2cc(CCC(=O)N(CC(=O)O)CC(=O)O)c(OC)cc2C(c2ccccc2)N1. The zero-order valence-corrected chi connectivity index (χ0v) is 24.1. The summed E-state index contributed by atoms with van der Waals surface area (Å²) in [6.07, 6.45) is 3.28. The number of aryl methyl sites for hydroxylation is 1. The maximum atomic E-state index is 12.8. The maximum Gasteiger partial charge on any atom is 0.323 e. The average molecular weight is 577 g/mol. The van der Waals surface area contributed by atoms with Gasteiger partial charge in [-0.05, 0) is 42.5 Å². The van der Waals surface area contributed by atoms with Crippen molar-refractivity contribution >= 4 is 28.4 Å². The van der Waals surface area contributed by atoms with Gasteiger partial charge < -0.3 is 19.8 Å². The Balaban J connectivity index is 2.06. The minimum atomic E-state index is -3.27. The van der Waals surface area contributed by atoms with E-state index in [1.54, 1.807) is 12.1 Å². The van der Waals surface area contributed by atoms with Crippen LogP contribution in [0.3, 0.4) is 0 Å². The van der Waals surface area contributed by atoms with Crippen LogP contribution in [0.2, 0.25) is 0 Å². The Morgan fingerprint density at radius 3 is 2.27 bits per heavy atom. The maximum absolute atomic E-state index is 12.8. The molecule has 10 nitrogen and oxygen atoms in total. The molecule has 0 spiro atoms. The number of methoxy groups -OCH3 is 1. The summed E-state index contributed by atoms with van der Waals surface area (Å²) in [5.41, 5.74) is 1.68. The van der Waals surface area contributed by atoms with E-state index in [0.717, 1.165) is 29.7 Å². The summed E-state index contributed by atoms with van der Waals surface area (Å²) in [5, 5.41) is 22.0. The molecule has 0 saturated carbocycles. The van der Waals surface area contributed by atoms with Crippen LogP contribution in [0.5, 0.6) is 5.75 Å². The lowest BCUT2D eigenvalue weighted by molar-refractivity contribution is -0.149. The first kappa shape index (κ1) is 31.4. The number of carboxylic acids is 2. The van der Waals surface area contributed by atoms with Gasteiger partial charge in [-0.2, -0.15) is 10.6 Å². The van der Waals surface area contributed by atoms with Gasteiger partial charge in [0, 0.05) is 17.5 Å². The number of nitrogens with one attached hydrogen (secondary N) is 1. The molecule has 220 valence electrons. The number of unbranched alkanes of at least 4 members (excludes halogenated alkanes) is 1. The minimum absolute atomic E-state index is 0.0960. The Hall–Kier alpha value is -3.12. The normalized spacial score (nSPS) is 20.6. The number of benzene rings is 2. The number of aliphatic carboxylic acids is 2. The molecule has 1 aliphatic rings. The Morgan fingerprint density at radius 1 is 1.07 bits per heavy atom. The van der Waals surface area contributed by atoms with E-state index in [2.05, 4.69) is 12.2 Å². The summed E-state index contributed by atoms with van der Waals surface area (Å²) in [7, 11) is -1.78. The van der Waals surface area contributed by atoms with E-state index >= 15 is 0 Å². The van der Waals surface area contributed by atoms with Crippen LogP contribution in [-0.2, 0) is 20.8 Å². The van der Waals surface area contributed by atoms with Gasteiger partial charge in [0.05, 0.1) is 23.8 Å². The molecule has 0 aromatic heterocycles. The quantitative estimate of drug-likeness (QED) is 0.227. The zero-order valence-electron chi connectivity index (χ0n) is 23.3. The summed E-state index contributed by atoms with van der Waals surface area (Å²) in [4.78, 5) is 36.3. The second-order valence-corrected chi connectivity index (χ2v) is 12.3. The van der Waals surface area contributed by atoms with Gasteiger partial charge in [-0.25, -0.2) is 0 Å².